The number of nitrogens with zero attached hydrogens (tertiary/aromatic N) is 1. The van der Waals surface area contributed by atoms with Crippen LogP contribution in [0.4, 0.5) is 0 Å². The van der Waals surface area contributed by atoms with Crippen LogP contribution in [0.5, 0.6) is 0 Å². The van der Waals surface area contributed by atoms with Gasteiger partial charge in [-0.2, -0.15) is 0 Å². The summed E-state index contributed by atoms with van der Waals surface area (Å²) in [4.78, 5) is 14.8. The highest BCUT2D eigenvalue weighted by atomic mass is 16.2. The lowest BCUT2D eigenvalue weighted by molar-refractivity contribution is -0.136. The van der Waals surface area contributed by atoms with Gasteiger partial charge in [0.25, 0.3) is 0 Å². The molecule has 2 unspecified atom stereocenters. The van der Waals surface area contributed by atoms with Crippen LogP contribution in [0, 0.1) is 17.8 Å². The molecule has 2 nitrogen and oxygen atoms in total. The van der Waals surface area contributed by atoms with E-state index in [4.69, 9.17) is 0 Å². The molecule has 1 amide bonds. The molecule has 2 fully saturated rings. The van der Waals surface area contributed by atoms with E-state index in [0.717, 1.165) is 37.8 Å². The van der Waals surface area contributed by atoms with Gasteiger partial charge in [-0.15, -0.1) is 0 Å². The number of hydrogen-bond acceptors (Lipinski definition) is 1. The Morgan fingerprint density at radius 1 is 1.05 bits per heavy atom. The molecule has 3 aliphatic rings. The molecule has 0 saturated heterocycles. The lowest BCUT2D eigenvalue weighted by atomic mass is 10.0. The maximum Gasteiger partial charge on any atom is 0.226 e. The van der Waals surface area contributed by atoms with Crippen LogP contribution >= 0.6 is 0 Å². The van der Waals surface area contributed by atoms with Gasteiger partial charge in [-0.1, -0.05) is 24.3 Å². The molecule has 0 spiro atoms. The van der Waals surface area contributed by atoms with Gasteiger partial charge in [-0.05, 0) is 55.1 Å². The molecule has 2 aliphatic carbocycles. The molecular weight excluding hydrogens is 234 g/mol. The van der Waals surface area contributed by atoms with E-state index in [0.29, 0.717) is 11.8 Å². The predicted molar refractivity (Wildman–Crippen MR) is 74.5 cm³/mol. The van der Waals surface area contributed by atoms with Crippen molar-refractivity contribution >= 4 is 5.91 Å². The second kappa shape index (κ2) is 4.36. The average Bonchev–Trinajstić information content (AvgIpc) is 3.11. The van der Waals surface area contributed by atoms with Gasteiger partial charge in [0.05, 0.1) is 0 Å². The summed E-state index contributed by atoms with van der Waals surface area (Å²) in [5, 5.41) is 0. The molecule has 4 rings (SSSR count). The summed E-state index contributed by atoms with van der Waals surface area (Å²) in [5.74, 6) is 2.57. The Hall–Kier alpha value is -1.31. The van der Waals surface area contributed by atoms with Crippen molar-refractivity contribution in [1.82, 2.24) is 4.90 Å². The molecule has 19 heavy (non-hydrogen) atoms. The smallest absolute Gasteiger partial charge is 0.226 e. The molecule has 0 aromatic heterocycles. The van der Waals surface area contributed by atoms with Crippen LogP contribution in [0.15, 0.2) is 24.3 Å². The highest BCUT2D eigenvalue weighted by Crippen LogP contribution is 2.54. The van der Waals surface area contributed by atoms with Gasteiger partial charge in [0.1, 0.15) is 0 Å². The summed E-state index contributed by atoms with van der Waals surface area (Å²) in [6.07, 6.45) is 5.97. The minimum absolute atomic E-state index is 0.342. The lowest BCUT2D eigenvalue weighted by Crippen LogP contribution is -2.35. The van der Waals surface area contributed by atoms with E-state index in [1.807, 2.05) is 0 Å². The van der Waals surface area contributed by atoms with Crippen molar-refractivity contribution < 1.29 is 4.79 Å². The van der Waals surface area contributed by atoms with Crippen LogP contribution in [-0.2, 0) is 17.8 Å². The second-order valence-corrected chi connectivity index (χ2v) is 6.56. The van der Waals surface area contributed by atoms with Gasteiger partial charge in [0.2, 0.25) is 5.91 Å². The zero-order chi connectivity index (χ0) is 12.8. The van der Waals surface area contributed by atoms with E-state index < -0.39 is 0 Å². The number of rotatable bonds is 1. The Kier molecular flexibility index (Phi) is 2.64. The van der Waals surface area contributed by atoms with Gasteiger partial charge in [0.15, 0.2) is 0 Å². The number of fused-ring (bicyclic) bond motifs is 2. The zero-order valence-electron chi connectivity index (χ0n) is 11.3. The molecule has 100 valence electrons. The summed E-state index contributed by atoms with van der Waals surface area (Å²) in [5.41, 5.74) is 2.79. The maximum absolute atomic E-state index is 12.7. The van der Waals surface area contributed by atoms with Crippen molar-refractivity contribution in [3.63, 3.8) is 0 Å². The van der Waals surface area contributed by atoms with E-state index in [-0.39, 0.29) is 0 Å². The number of amides is 1. The molecular formula is C17H21NO. The first-order valence-electron chi connectivity index (χ1n) is 7.67. The third-order valence-electron chi connectivity index (χ3n) is 5.26. The normalized spacial score (nSPS) is 32.4. The third-order valence-corrected chi connectivity index (χ3v) is 5.26. The van der Waals surface area contributed by atoms with E-state index in [1.54, 1.807) is 0 Å². The van der Waals surface area contributed by atoms with E-state index >= 15 is 0 Å². The summed E-state index contributed by atoms with van der Waals surface area (Å²) in [7, 11) is 0. The van der Waals surface area contributed by atoms with Crippen LogP contribution in [0.1, 0.15) is 36.8 Å². The van der Waals surface area contributed by atoms with Gasteiger partial charge >= 0.3 is 0 Å². The molecule has 1 aliphatic heterocycles. The first-order chi connectivity index (χ1) is 9.31. The minimum Gasteiger partial charge on any atom is -0.338 e. The van der Waals surface area contributed by atoms with Gasteiger partial charge < -0.3 is 4.90 Å². The summed E-state index contributed by atoms with van der Waals surface area (Å²) >= 11 is 0. The largest absolute Gasteiger partial charge is 0.338 e. The second-order valence-electron chi connectivity index (χ2n) is 6.56. The van der Waals surface area contributed by atoms with Crippen LogP contribution in [0.3, 0.4) is 0 Å². The molecule has 0 bridgehead atoms. The molecule has 1 heterocycles. The lowest BCUT2D eigenvalue weighted by Gasteiger charge is -2.25. The molecule has 2 saturated carbocycles. The quantitative estimate of drug-likeness (QED) is 0.755. The van der Waals surface area contributed by atoms with Crippen molar-refractivity contribution in [2.75, 3.05) is 6.54 Å². The minimum atomic E-state index is 0.342. The van der Waals surface area contributed by atoms with Gasteiger partial charge in [-0.3, -0.25) is 4.79 Å². The highest BCUT2D eigenvalue weighted by molar-refractivity contribution is 5.79. The molecule has 0 radical (unpaired) electrons. The fraction of sp³-hybridized carbons (Fsp3) is 0.588. The predicted octanol–water partition coefficient (Wildman–Crippen LogP) is 3.01. The first kappa shape index (κ1) is 11.5. The Bertz CT molecular complexity index is 500. The average molecular weight is 255 g/mol. The third kappa shape index (κ3) is 2.07. The van der Waals surface area contributed by atoms with Crippen LogP contribution in [-0.4, -0.2) is 17.4 Å². The van der Waals surface area contributed by atoms with Crippen LogP contribution in [0.2, 0.25) is 0 Å². The summed E-state index contributed by atoms with van der Waals surface area (Å²) < 4.78 is 0. The summed E-state index contributed by atoms with van der Waals surface area (Å²) in [6, 6.07) is 8.61. The monoisotopic (exact) mass is 255 g/mol. The maximum atomic E-state index is 12.7. The fourth-order valence-corrected chi connectivity index (χ4v) is 4.06. The van der Waals surface area contributed by atoms with Crippen molar-refractivity contribution in [2.24, 2.45) is 17.8 Å². The van der Waals surface area contributed by atoms with E-state index in [2.05, 4.69) is 29.2 Å². The topological polar surface area (TPSA) is 20.3 Å². The zero-order valence-corrected chi connectivity index (χ0v) is 11.3. The Morgan fingerprint density at radius 3 is 2.58 bits per heavy atom. The number of hydrogen-bond donors (Lipinski definition) is 0. The Labute approximate surface area is 114 Å². The molecule has 0 N–H and O–H groups in total. The SMILES string of the molecule is O=C(C1CC2CC2C1)N1CCCc2ccccc2C1. The van der Waals surface area contributed by atoms with Crippen molar-refractivity contribution in [3.05, 3.63) is 35.4 Å². The fourth-order valence-electron chi connectivity index (χ4n) is 4.06. The van der Waals surface area contributed by atoms with Crippen molar-refractivity contribution in [1.29, 1.82) is 0 Å². The molecule has 2 atom stereocenters. The van der Waals surface area contributed by atoms with Gasteiger partial charge in [-0.25, -0.2) is 0 Å². The summed E-state index contributed by atoms with van der Waals surface area (Å²) in [6.45, 7) is 1.78. The van der Waals surface area contributed by atoms with Crippen LogP contribution < -0.4 is 0 Å². The van der Waals surface area contributed by atoms with Crippen molar-refractivity contribution in [3.8, 4) is 0 Å². The number of carbonyl (C=O) groups excluding carboxylic acids is 1. The molecule has 1 aromatic rings. The van der Waals surface area contributed by atoms with Gasteiger partial charge in [0, 0.05) is 19.0 Å². The number of benzene rings is 1. The number of aryl methyl sites for hydroxylation is 1. The first-order valence-corrected chi connectivity index (χ1v) is 7.67. The Morgan fingerprint density at radius 2 is 1.79 bits per heavy atom. The molecule has 1 aromatic carbocycles. The standard InChI is InChI=1S/C17H21NO/c19-17(16-9-14-8-15(14)10-16)18-7-3-6-12-4-1-2-5-13(12)11-18/h1-2,4-5,14-16H,3,6-11H2. The number of carbonyl (C=O) groups is 1. The Balaban J connectivity index is 1.51. The molecule has 2 heteroatoms. The van der Waals surface area contributed by atoms with E-state index in [9.17, 15) is 4.79 Å². The van der Waals surface area contributed by atoms with E-state index in [1.165, 1.54) is 30.4 Å². The van der Waals surface area contributed by atoms with Crippen molar-refractivity contribution in [2.45, 2.75) is 38.6 Å². The van der Waals surface area contributed by atoms with Crippen LogP contribution in [0.25, 0.3) is 0 Å². The highest BCUT2D eigenvalue weighted by Gasteiger charge is 2.48.